The van der Waals surface area contributed by atoms with Crippen molar-refractivity contribution in [3.63, 3.8) is 0 Å². The number of thiazole rings is 1. The number of fused-ring (bicyclic) bond motifs is 2. The Kier molecular flexibility index (Phi) is 5.83. The van der Waals surface area contributed by atoms with E-state index < -0.39 is 17.7 Å². The highest BCUT2D eigenvalue weighted by atomic mass is 32.1. The fourth-order valence-electron chi connectivity index (χ4n) is 5.26. The average Bonchev–Trinajstić information content (AvgIpc) is 3.55. The van der Waals surface area contributed by atoms with Crippen LogP contribution in [-0.4, -0.2) is 27.9 Å². The number of aryl methyl sites for hydroxylation is 1. The molecule has 192 valence electrons. The van der Waals surface area contributed by atoms with E-state index in [1.54, 1.807) is 6.07 Å². The van der Waals surface area contributed by atoms with Crippen LogP contribution in [0.1, 0.15) is 60.5 Å². The third-order valence-electron chi connectivity index (χ3n) is 7.27. The Labute approximate surface area is 225 Å². The number of nitrogens with zero attached hydrogens (tertiary/aromatic N) is 2. The Morgan fingerprint density at radius 1 is 1.08 bits per heavy atom. The van der Waals surface area contributed by atoms with Crippen LogP contribution >= 0.6 is 11.3 Å². The summed E-state index contributed by atoms with van der Waals surface area (Å²) < 4.78 is 6.74. The highest BCUT2D eigenvalue weighted by molar-refractivity contribution is 7.22. The topological polar surface area (TPSA) is 79.7 Å². The van der Waals surface area contributed by atoms with Crippen LogP contribution in [-0.2, 0) is 16.0 Å². The van der Waals surface area contributed by atoms with Crippen LogP contribution in [0.2, 0.25) is 0 Å². The number of carbonyl (C=O) groups is 2. The van der Waals surface area contributed by atoms with E-state index >= 15 is 0 Å². The molecule has 7 heteroatoms. The zero-order valence-corrected chi connectivity index (χ0v) is 22.5. The molecule has 1 amide bonds. The van der Waals surface area contributed by atoms with Gasteiger partial charge in [-0.1, -0.05) is 55.5 Å². The lowest BCUT2D eigenvalue weighted by Gasteiger charge is -2.23. The number of hydrogen-bond acceptors (Lipinski definition) is 6. The number of rotatable bonds is 4. The number of amides is 1. The Morgan fingerprint density at radius 3 is 2.58 bits per heavy atom. The molecule has 6 rings (SSSR count). The van der Waals surface area contributed by atoms with E-state index in [0.29, 0.717) is 16.6 Å². The van der Waals surface area contributed by atoms with Gasteiger partial charge in [-0.25, -0.2) is 4.98 Å². The summed E-state index contributed by atoms with van der Waals surface area (Å²) in [5.41, 5.74) is 5.26. The van der Waals surface area contributed by atoms with Crippen LogP contribution in [0.3, 0.4) is 0 Å². The van der Waals surface area contributed by atoms with Gasteiger partial charge in [-0.2, -0.15) is 0 Å². The molecule has 0 bridgehead atoms. The number of ether oxygens (including phenoxy) is 1. The summed E-state index contributed by atoms with van der Waals surface area (Å²) in [5, 5.41) is 12.0. The monoisotopic (exact) mass is 524 g/mol. The Balaban J connectivity index is 1.53. The standard InChI is InChI=1S/C31H28N2O4S/c1-16(2)19-6-8-20(9-7-19)27-26(28(34)21-10-12-24-22(15-21)14-18(4)37-24)29(35)30(36)33(27)31-32-23-11-5-17(3)13-25(23)38-31/h5-13,15-16,18,27,34H,14H2,1-4H3/t18-,27+/m1/s1. The Morgan fingerprint density at radius 2 is 1.84 bits per heavy atom. The Bertz CT molecular complexity index is 1630. The van der Waals surface area contributed by atoms with Gasteiger partial charge in [-0.3, -0.25) is 14.5 Å². The average molecular weight is 525 g/mol. The molecule has 6 nitrogen and oxygen atoms in total. The fourth-order valence-corrected chi connectivity index (χ4v) is 6.35. The molecule has 0 radical (unpaired) electrons. The normalized spacial score (nSPS) is 20.4. The van der Waals surface area contributed by atoms with Gasteiger partial charge in [0.25, 0.3) is 5.78 Å². The second-order valence-corrected chi connectivity index (χ2v) is 11.4. The summed E-state index contributed by atoms with van der Waals surface area (Å²) in [4.78, 5) is 33.3. The summed E-state index contributed by atoms with van der Waals surface area (Å²) in [6.45, 7) is 8.22. The number of anilines is 1. The lowest BCUT2D eigenvalue weighted by molar-refractivity contribution is -0.132. The van der Waals surface area contributed by atoms with Gasteiger partial charge in [-0.05, 0) is 72.4 Å². The number of Topliss-reactive ketones (excluding diaryl/α,β-unsaturated/α-hetero) is 1. The van der Waals surface area contributed by atoms with E-state index in [4.69, 9.17) is 9.72 Å². The van der Waals surface area contributed by atoms with Crippen molar-refractivity contribution in [2.75, 3.05) is 4.90 Å². The molecule has 1 N–H and O–H groups in total. The number of aromatic nitrogens is 1. The van der Waals surface area contributed by atoms with E-state index in [0.717, 1.165) is 44.6 Å². The Hall–Kier alpha value is -3.97. The first-order valence-electron chi connectivity index (χ1n) is 12.8. The number of benzene rings is 3. The maximum absolute atomic E-state index is 13.6. The predicted molar refractivity (Wildman–Crippen MR) is 150 cm³/mol. The minimum Gasteiger partial charge on any atom is -0.507 e. The third-order valence-corrected chi connectivity index (χ3v) is 8.29. The molecule has 38 heavy (non-hydrogen) atoms. The van der Waals surface area contributed by atoms with Crippen LogP contribution in [0.4, 0.5) is 5.13 Å². The first-order valence-corrected chi connectivity index (χ1v) is 13.6. The zero-order chi connectivity index (χ0) is 26.7. The third kappa shape index (κ3) is 3.98. The van der Waals surface area contributed by atoms with E-state index in [-0.39, 0.29) is 17.4 Å². The van der Waals surface area contributed by atoms with Crippen LogP contribution in [0, 0.1) is 6.92 Å². The van der Waals surface area contributed by atoms with Gasteiger partial charge in [0.1, 0.15) is 17.6 Å². The summed E-state index contributed by atoms with van der Waals surface area (Å²) in [6, 6.07) is 18.4. The lowest BCUT2D eigenvalue weighted by atomic mass is 9.93. The van der Waals surface area contributed by atoms with Gasteiger partial charge in [0.15, 0.2) is 5.13 Å². The van der Waals surface area contributed by atoms with Crippen molar-refractivity contribution >= 4 is 44.1 Å². The summed E-state index contributed by atoms with van der Waals surface area (Å²) in [7, 11) is 0. The molecule has 4 aromatic rings. The SMILES string of the molecule is Cc1ccc2nc(N3C(=O)C(=O)C(=C(O)c4ccc5c(c4)C[C@@H](C)O5)[C@@H]3c3ccc(C(C)C)cc3)sc2c1. The largest absolute Gasteiger partial charge is 0.507 e. The minimum absolute atomic E-state index is 0.0510. The maximum atomic E-state index is 13.6. The van der Waals surface area contributed by atoms with Gasteiger partial charge in [-0.15, -0.1) is 0 Å². The molecule has 1 saturated heterocycles. The van der Waals surface area contributed by atoms with Crippen molar-refractivity contribution in [3.05, 3.63) is 94.1 Å². The van der Waals surface area contributed by atoms with Gasteiger partial charge in [0.05, 0.1) is 21.8 Å². The molecule has 1 fully saturated rings. The summed E-state index contributed by atoms with van der Waals surface area (Å²) >= 11 is 1.37. The lowest BCUT2D eigenvalue weighted by Crippen LogP contribution is -2.29. The van der Waals surface area contributed by atoms with E-state index in [9.17, 15) is 14.7 Å². The highest BCUT2D eigenvalue weighted by Crippen LogP contribution is 2.45. The van der Waals surface area contributed by atoms with E-state index in [1.165, 1.54) is 16.2 Å². The van der Waals surface area contributed by atoms with Crippen molar-refractivity contribution in [2.24, 2.45) is 0 Å². The van der Waals surface area contributed by atoms with Crippen molar-refractivity contribution in [1.82, 2.24) is 4.98 Å². The smallest absolute Gasteiger partial charge is 0.301 e. The maximum Gasteiger partial charge on any atom is 0.301 e. The van der Waals surface area contributed by atoms with Crippen molar-refractivity contribution in [1.29, 1.82) is 0 Å². The van der Waals surface area contributed by atoms with Gasteiger partial charge in [0.2, 0.25) is 0 Å². The quantitative estimate of drug-likeness (QED) is 0.183. The predicted octanol–water partition coefficient (Wildman–Crippen LogP) is 6.68. The molecule has 3 aromatic carbocycles. The molecule has 0 unspecified atom stereocenters. The van der Waals surface area contributed by atoms with Crippen LogP contribution in [0.5, 0.6) is 5.75 Å². The molecule has 3 heterocycles. The van der Waals surface area contributed by atoms with Crippen LogP contribution in [0.25, 0.3) is 16.0 Å². The molecule has 0 spiro atoms. The number of aliphatic hydroxyl groups excluding tert-OH is 1. The first-order chi connectivity index (χ1) is 18.2. The van der Waals surface area contributed by atoms with Crippen molar-refractivity contribution in [3.8, 4) is 5.75 Å². The summed E-state index contributed by atoms with van der Waals surface area (Å²) in [5.74, 6) is -0.499. The molecule has 1 aromatic heterocycles. The minimum atomic E-state index is -0.804. The zero-order valence-electron chi connectivity index (χ0n) is 21.7. The molecule has 0 saturated carbocycles. The molecule has 2 atom stereocenters. The van der Waals surface area contributed by atoms with Gasteiger partial charge < -0.3 is 9.84 Å². The first kappa shape index (κ1) is 24.4. The highest BCUT2D eigenvalue weighted by Gasteiger charge is 2.48. The number of aliphatic hydroxyl groups is 1. The number of ketones is 1. The van der Waals surface area contributed by atoms with E-state index in [1.807, 2.05) is 68.4 Å². The number of hydrogen-bond donors (Lipinski definition) is 1. The van der Waals surface area contributed by atoms with Gasteiger partial charge in [0, 0.05) is 12.0 Å². The summed E-state index contributed by atoms with van der Waals surface area (Å²) in [6.07, 6.45) is 0.769. The number of carbonyl (C=O) groups excluding carboxylic acids is 2. The van der Waals surface area contributed by atoms with Crippen molar-refractivity contribution < 1.29 is 19.4 Å². The molecular weight excluding hydrogens is 496 g/mol. The fraction of sp³-hybridized carbons (Fsp3) is 0.258. The van der Waals surface area contributed by atoms with E-state index in [2.05, 4.69) is 13.8 Å². The second-order valence-electron chi connectivity index (χ2n) is 10.4. The van der Waals surface area contributed by atoms with Crippen LogP contribution in [0.15, 0.2) is 66.2 Å². The molecular formula is C31H28N2O4S. The van der Waals surface area contributed by atoms with Crippen LogP contribution < -0.4 is 9.64 Å². The van der Waals surface area contributed by atoms with Gasteiger partial charge >= 0.3 is 5.91 Å². The van der Waals surface area contributed by atoms with Crippen molar-refractivity contribution in [2.45, 2.75) is 52.2 Å². The second kappa shape index (κ2) is 9.10. The molecule has 2 aliphatic rings. The molecule has 2 aliphatic heterocycles. The molecule has 0 aliphatic carbocycles.